The van der Waals surface area contributed by atoms with Crippen LogP contribution in [-0.4, -0.2) is 41.0 Å². The number of benzene rings is 2. The lowest BCUT2D eigenvalue weighted by Crippen LogP contribution is -2.36. The third kappa shape index (κ3) is 3.34. The number of ketones is 1. The monoisotopic (exact) mass is 377 g/mol. The predicted molar refractivity (Wildman–Crippen MR) is 106 cm³/mol. The van der Waals surface area contributed by atoms with Gasteiger partial charge in [-0.25, -0.2) is 0 Å². The van der Waals surface area contributed by atoms with Gasteiger partial charge in [0.25, 0.3) is 11.7 Å². The molecule has 2 aromatic rings. The molecule has 2 aliphatic heterocycles. The van der Waals surface area contributed by atoms with Gasteiger partial charge in [0, 0.05) is 18.7 Å². The van der Waals surface area contributed by atoms with Gasteiger partial charge in [0.1, 0.15) is 5.76 Å². The van der Waals surface area contributed by atoms with Gasteiger partial charge >= 0.3 is 0 Å². The predicted octanol–water partition coefficient (Wildman–Crippen LogP) is 3.60. The number of aryl methyl sites for hydroxylation is 1. The van der Waals surface area contributed by atoms with Crippen molar-refractivity contribution in [1.82, 2.24) is 4.90 Å². The lowest BCUT2D eigenvalue weighted by atomic mass is 9.94. The van der Waals surface area contributed by atoms with E-state index >= 15 is 0 Å². The SMILES string of the molecule is Cc1ccc([C@H]2C(=C(O)c3ccccc3)C(=O)C(=O)N2C[C@@H]2CCCO2)cc1. The summed E-state index contributed by atoms with van der Waals surface area (Å²) in [5.74, 6) is -1.37. The molecule has 0 bridgehead atoms. The van der Waals surface area contributed by atoms with Crippen LogP contribution in [0.2, 0.25) is 0 Å². The number of carbonyl (C=O) groups is 2. The van der Waals surface area contributed by atoms with Gasteiger partial charge in [-0.1, -0.05) is 60.2 Å². The van der Waals surface area contributed by atoms with Crippen molar-refractivity contribution in [3.63, 3.8) is 0 Å². The quantitative estimate of drug-likeness (QED) is 0.502. The summed E-state index contributed by atoms with van der Waals surface area (Å²) in [4.78, 5) is 27.3. The Bertz CT molecular complexity index is 911. The van der Waals surface area contributed by atoms with E-state index in [4.69, 9.17) is 4.74 Å². The molecular weight excluding hydrogens is 354 g/mol. The highest BCUT2D eigenvalue weighted by molar-refractivity contribution is 6.46. The molecule has 4 rings (SSSR count). The summed E-state index contributed by atoms with van der Waals surface area (Å²) >= 11 is 0. The third-order valence-corrected chi connectivity index (χ3v) is 5.40. The summed E-state index contributed by atoms with van der Waals surface area (Å²) in [6.07, 6.45) is 1.73. The van der Waals surface area contributed by atoms with E-state index < -0.39 is 17.7 Å². The molecule has 28 heavy (non-hydrogen) atoms. The highest BCUT2D eigenvalue weighted by Gasteiger charge is 2.46. The normalized spacial score (nSPS) is 24.1. The maximum absolute atomic E-state index is 12.9. The lowest BCUT2D eigenvalue weighted by molar-refractivity contribution is -0.140. The largest absolute Gasteiger partial charge is 0.507 e. The minimum Gasteiger partial charge on any atom is -0.507 e. The van der Waals surface area contributed by atoms with Crippen LogP contribution in [0.15, 0.2) is 60.2 Å². The van der Waals surface area contributed by atoms with Gasteiger partial charge in [0.05, 0.1) is 17.7 Å². The standard InChI is InChI=1S/C23H23NO4/c1-15-9-11-16(12-10-15)20-19(21(25)17-6-3-2-4-7-17)22(26)23(27)24(20)14-18-8-5-13-28-18/h2-4,6-7,9-12,18,20,25H,5,8,13-14H2,1H3/t18-,20-/m0/s1. The van der Waals surface area contributed by atoms with E-state index in [1.54, 1.807) is 29.2 Å². The molecule has 2 atom stereocenters. The molecule has 0 spiro atoms. The first kappa shape index (κ1) is 18.4. The lowest BCUT2D eigenvalue weighted by Gasteiger charge is -2.27. The van der Waals surface area contributed by atoms with Crippen LogP contribution in [0.1, 0.15) is 35.6 Å². The molecule has 2 heterocycles. The van der Waals surface area contributed by atoms with Crippen LogP contribution < -0.4 is 0 Å². The average molecular weight is 377 g/mol. The zero-order chi connectivity index (χ0) is 19.7. The molecule has 2 aliphatic rings. The summed E-state index contributed by atoms with van der Waals surface area (Å²) in [6, 6.07) is 16.0. The number of carbonyl (C=O) groups excluding carboxylic acids is 2. The van der Waals surface area contributed by atoms with E-state index in [1.165, 1.54) is 0 Å². The Balaban J connectivity index is 1.81. The summed E-state index contributed by atoms with van der Waals surface area (Å²) < 4.78 is 5.70. The molecule has 0 aliphatic carbocycles. The van der Waals surface area contributed by atoms with Crippen molar-refractivity contribution in [3.05, 3.63) is 76.9 Å². The number of aliphatic hydroxyl groups is 1. The summed E-state index contributed by atoms with van der Waals surface area (Å²) in [7, 11) is 0. The van der Waals surface area contributed by atoms with Gasteiger partial charge < -0.3 is 14.7 Å². The maximum atomic E-state index is 12.9. The van der Waals surface area contributed by atoms with Gasteiger partial charge in [-0.2, -0.15) is 0 Å². The highest BCUT2D eigenvalue weighted by Crippen LogP contribution is 2.40. The third-order valence-electron chi connectivity index (χ3n) is 5.40. The average Bonchev–Trinajstić information content (AvgIpc) is 3.31. The van der Waals surface area contributed by atoms with Gasteiger partial charge in [-0.05, 0) is 25.3 Å². The fraction of sp³-hybridized carbons (Fsp3) is 0.304. The molecule has 0 radical (unpaired) electrons. The van der Waals surface area contributed by atoms with Crippen molar-refractivity contribution in [2.45, 2.75) is 31.9 Å². The second-order valence-electron chi connectivity index (χ2n) is 7.36. The van der Waals surface area contributed by atoms with E-state index in [9.17, 15) is 14.7 Å². The Hall–Kier alpha value is -2.92. The Morgan fingerprint density at radius 3 is 2.46 bits per heavy atom. The van der Waals surface area contributed by atoms with Gasteiger partial charge in [0.2, 0.25) is 0 Å². The van der Waals surface area contributed by atoms with Gasteiger partial charge in [-0.15, -0.1) is 0 Å². The van der Waals surface area contributed by atoms with E-state index in [2.05, 4.69) is 0 Å². The molecule has 0 unspecified atom stereocenters. The summed E-state index contributed by atoms with van der Waals surface area (Å²) in [6.45, 7) is 3.00. The van der Waals surface area contributed by atoms with E-state index in [0.29, 0.717) is 18.7 Å². The number of hydrogen-bond donors (Lipinski definition) is 1. The first-order valence-electron chi connectivity index (χ1n) is 9.58. The molecule has 0 saturated carbocycles. The minimum absolute atomic E-state index is 0.0806. The van der Waals surface area contributed by atoms with E-state index in [1.807, 2.05) is 37.3 Å². The van der Waals surface area contributed by atoms with Crippen LogP contribution in [0.5, 0.6) is 0 Å². The van der Waals surface area contributed by atoms with Crippen molar-refractivity contribution in [1.29, 1.82) is 0 Å². The molecule has 5 heteroatoms. The van der Waals surface area contributed by atoms with E-state index in [-0.39, 0.29) is 17.4 Å². The number of Topliss-reactive ketones (excluding diaryl/α,β-unsaturated/α-hetero) is 1. The van der Waals surface area contributed by atoms with Crippen molar-refractivity contribution < 1.29 is 19.4 Å². The zero-order valence-corrected chi connectivity index (χ0v) is 15.8. The summed E-state index contributed by atoms with van der Waals surface area (Å²) in [5.41, 5.74) is 2.55. The Labute approximate surface area is 164 Å². The number of nitrogens with zero attached hydrogens (tertiary/aromatic N) is 1. The van der Waals surface area contributed by atoms with Crippen LogP contribution in [-0.2, 0) is 14.3 Å². The van der Waals surface area contributed by atoms with Crippen LogP contribution >= 0.6 is 0 Å². The molecule has 0 aromatic heterocycles. The zero-order valence-electron chi connectivity index (χ0n) is 15.8. The number of amides is 1. The molecule has 144 valence electrons. The number of rotatable bonds is 4. The fourth-order valence-electron chi connectivity index (χ4n) is 3.92. The van der Waals surface area contributed by atoms with Crippen LogP contribution in [0.25, 0.3) is 5.76 Å². The van der Waals surface area contributed by atoms with Crippen molar-refractivity contribution >= 4 is 17.4 Å². The second kappa shape index (κ2) is 7.60. The molecule has 2 saturated heterocycles. The van der Waals surface area contributed by atoms with Crippen LogP contribution in [0.4, 0.5) is 0 Å². The molecule has 1 N–H and O–H groups in total. The molecular formula is C23H23NO4. The van der Waals surface area contributed by atoms with Crippen LogP contribution in [0, 0.1) is 6.92 Å². The second-order valence-corrected chi connectivity index (χ2v) is 7.36. The molecule has 2 fully saturated rings. The molecule has 1 amide bonds. The molecule has 2 aromatic carbocycles. The van der Waals surface area contributed by atoms with Crippen molar-refractivity contribution in [3.8, 4) is 0 Å². The molecule has 5 nitrogen and oxygen atoms in total. The topological polar surface area (TPSA) is 66.8 Å². The first-order chi connectivity index (χ1) is 13.6. The Morgan fingerprint density at radius 1 is 1.11 bits per heavy atom. The van der Waals surface area contributed by atoms with Crippen molar-refractivity contribution in [2.75, 3.05) is 13.2 Å². The van der Waals surface area contributed by atoms with Crippen molar-refractivity contribution in [2.24, 2.45) is 0 Å². The first-order valence-corrected chi connectivity index (χ1v) is 9.58. The maximum Gasteiger partial charge on any atom is 0.295 e. The number of hydrogen-bond acceptors (Lipinski definition) is 4. The van der Waals surface area contributed by atoms with Gasteiger partial charge in [0.15, 0.2) is 0 Å². The van der Waals surface area contributed by atoms with E-state index in [0.717, 1.165) is 24.0 Å². The number of ether oxygens (including phenoxy) is 1. The van der Waals surface area contributed by atoms with Gasteiger partial charge in [-0.3, -0.25) is 9.59 Å². The smallest absolute Gasteiger partial charge is 0.295 e. The Kier molecular flexibility index (Phi) is 5.01. The van der Waals surface area contributed by atoms with Crippen LogP contribution in [0.3, 0.4) is 0 Å². The number of likely N-dealkylation sites (tertiary alicyclic amines) is 1. The fourth-order valence-corrected chi connectivity index (χ4v) is 3.92. The highest BCUT2D eigenvalue weighted by atomic mass is 16.5. The Morgan fingerprint density at radius 2 is 1.82 bits per heavy atom. The minimum atomic E-state index is -0.648. The summed E-state index contributed by atoms with van der Waals surface area (Å²) in [5, 5.41) is 10.9. The number of aliphatic hydroxyl groups excluding tert-OH is 1.